The van der Waals surface area contributed by atoms with Crippen LogP contribution in [0.5, 0.6) is 0 Å². The molecule has 0 aliphatic carbocycles. The van der Waals surface area contributed by atoms with Crippen molar-refractivity contribution in [2.75, 3.05) is 44.2 Å². The van der Waals surface area contributed by atoms with E-state index in [4.69, 9.17) is 5.10 Å². The third kappa shape index (κ3) is 5.66. The van der Waals surface area contributed by atoms with E-state index in [1.807, 2.05) is 33.8 Å². The van der Waals surface area contributed by atoms with Crippen LogP contribution in [-0.2, 0) is 24.3 Å². The van der Waals surface area contributed by atoms with Crippen LogP contribution in [0.4, 0.5) is 5.69 Å². The highest BCUT2D eigenvalue weighted by molar-refractivity contribution is 14.1. The third-order valence-corrected chi connectivity index (χ3v) is 8.01. The highest BCUT2D eigenvalue weighted by Crippen LogP contribution is 2.31. The van der Waals surface area contributed by atoms with Gasteiger partial charge in [-0.2, -0.15) is 10.4 Å². The Morgan fingerprint density at radius 3 is 2.51 bits per heavy atom. The van der Waals surface area contributed by atoms with Gasteiger partial charge in [0.2, 0.25) is 5.91 Å². The van der Waals surface area contributed by atoms with Gasteiger partial charge in [-0.3, -0.25) is 14.4 Å². The summed E-state index contributed by atoms with van der Waals surface area (Å²) < 4.78 is 3.12. The van der Waals surface area contributed by atoms with Crippen molar-refractivity contribution >= 4 is 34.2 Å². The number of piperazine rings is 1. The number of nitriles is 1. The zero-order chi connectivity index (χ0) is 25.9. The number of hydrogen-bond acceptors (Lipinski definition) is 6. The molecule has 0 bridgehead atoms. The number of amides is 1. The number of para-hydroxylation sites is 1. The first kappa shape index (κ1) is 25.7. The van der Waals surface area contributed by atoms with Crippen molar-refractivity contribution in [3.8, 4) is 17.3 Å². The lowest BCUT2D eigenvalue weighted by Gasteiger charge is -2.37. The Balaban J connectivity index is 1.27. The van der Waals surface area contributed by atoms with Gasteiger partial charge in [0.1, 0.15) is 6.07 Å². The van der Waals surface area contributed by atoms with Crippen molar-refractivity contribution in [2.45, 2.75) is 32.5 Å². The molecule has 1 atom stereocenters. The number of β-amino-alcohol motifs (C(OH)–C–C–N with tert-alkyl or cyclic N) is 1. The monoisotopic (exact) mass is 610 g/mol. The molecule has 2 aliphatic heterocycles. The number of aliphatic hydroxyl groups excluding tert-OH is 1. The highest BCUT2D eigenvalue weighted by atomic mass is 127. The Hall–Kier alpha value is -2.94. The maximum absolute atomic E-state index is 12.1. The summed E-state index contributed by atoms with van der Waals surface area (Å²) in [6, 6.07) is 18.3. The largest absolute Gasteiger partial charge is 0.390 e. The average Bonchev–Trinajstić information content (AvgIpc) is 3.26. The molecule has 8 nitrogen and oxygen atoms in total. The van der Waals surface area contributed by atoms with Crippen molar-refractivity contribution in [3.05, 3.63) is 68.9 Å². The number of hydrogen-bond donors (Lipinski definition) is 1. The zero-order valence-electron chi connectivity index (χ0n) is 21.0. The van der Waals surface area contributed by atoms with Crippen molar-refractivity contribution in [3.63, 3.8) is 0 Å². The lowest BCUT2D eigenvalue weighted by Crippen LogP contribution is -2.49. The molecule has 9 heteroatoms. The van der Waals surface area contributed by atoms with Crippen LogP contribution in [0.3, 0.4) is 0 Å². The summed E-state index contributed by atoms with van der Waals surface area (Å²) >= 11 is 2.29. The lowest BCUT2D eigenvalue weighted by molar-refractivity contribution is -0.129. The van der Waals surface area contributed by atoms with Crippen LogP contribution in [0.1, 0.15) is 23.7 Å². The van der Waals surface area contributed by atoms with Crippen molar-refractivity contribution < 1.29 is 9.90 Å². The Kier molecular flexibility index (Phi) is 7.79. The molecule has 1 saturated heterocycles. The van der Waals surface area contributed by atoms with Gasteiger partial charge in [-0.05, 0) is 46.9 Å². The summed E-state index contributed by atoms with van der Waals surface area (Å²) in [5, 5.41) is 25.4. The predicted molar refractivity (Wildman–Crippen MR) is 151 cm³/mol. The molecule has 0 saturated carbocycles. The number of anilines is 1. The molecule has 1 amide bonds. The van der Waals surface area contributed by atoms with Crippen LogP contribution >= 0.6 is 22.6 Å². The molecule has 1 fully saturated rings. The summed E-state index contributed by atoms with van der Waals surface area (Å²) in [6.07, 6.45) is 0.174. The van der Waals surface area contributed by atoms with E-state index in [0.717, 1.165) is 64.4 Å². The number of aromatic nitrogens is 2. The van der Waals surface area contributed by atoms with Gasteiger partial charge in [-0.25, -0.2) is 0 Å². The third-order valence-electron chi connectivity index (χ3n) is 7.29. The maximum Gasteiger partial charge on any atom is 0.219 e. The molecular weight excluding hydrogens is 579 g/mol. The predicted octanol–water partition coefficient (Wildman–Crippen LogP) is 3.11. The second-order valence-corrected chi connectivity index (χ2v) is 11.0. The standard InChI is InChI=1S/C28H31IN6O2/c1-20(36)34-11-10-27-25(19-34)28(21-6-8-23(29)9-7-21)31-35(27)18-24(37)17-32-12-14-33(15-13-32)26-5-3-2-4-22(26)16-30/h2-9,24,37H,10-15,17-19H2,1H3. The molecule has 1 N–H and O–H groups in total. The average molecular weight is 610 g/mol. The number of carbonyl (C=O) groups excluding carboxylic acids is 1. The van der Waals surface area contributed by atoms with Crippen molar-refractivity contribution in [1.29, 1.82) is 5.26 Å². The zero-order valence-corrected chi connectivity index (χ0v) is 23.1. The number of benzene rings is 2. The maximum atomic E-state index is 12.1. The molecule has 5 rings (SSSR count). The van der Waals surface area contributed by atoms with Gasteiger partial charge in [-0.1, -0.05) is 24.3 Å². The minimum atomic E-state index is -0.558. The number of aliphatic hydroxyl groups is 1. The molecule has 1 unspecified atom stereocenters. The minimum Gasteiger partial charge on any atom is -0.390 e. The van der Waals surface area contributed by atoms with Gasteiger partial charge >= 0.3 is 0 Å². The normalized spacial score (nSPS) is 16.8. The summed E-state index contributed by atoms with van der Waals surface area (Å²) in [5.41, 5.74) is 5.81. The first-order valence-electron chi connectivity index (χ1n) is 12.7. The van der Waals surface area contributed by atoms with E-state index in [9.17, 15) is 15.2 Å². The van der Waals surface area contributed by atoms with Gasteiger partial charge in [0.15, 0.2) is 0 Å². The van der Waals surface area contributed by atoms with Gasteiger partial charge in [-0.15, -0.1) is 0 Å². The molecule has 3 aromatic rings. The number of carbonyl (C=O) groups is 1. The SMILES string of the molecule is CC(=O)N1CCc2c(c(-c3ccc(I)cc3)nn2CC(O)CN2CCN(c3ccccc3C#N)CC2)C1. The molecule has 1 aromatic heterocycles. The smallest absolute Gasteiger partial charge is 0.219 e. The van der Waals surface area contributed by atoms with Crippen LogP contribution in [0.2, 0.25) is 0 Å². The van der Waals surface area contributed by atoms with Gasteiger partial charge < -0.3 is 14.9 Å². The highest BCUT2D eigenvalue weighted by Gasteiger charge is 2.28. The van der Waals surface area contributed by atoms with E-state index >= 15 is 0 Å². The van der Waals surface area contributed by atoms with E-state index in [2.05, 4.69) is 62.7 Å². The molecule has 37 heavy (non-hydrogen) atoms. The quantitative estimate of drug-likeness (QED) is 0.432. The van der Waals surface area contributed by atoms with Crippen LogP contribution < -0.4 is 4.90 Å². The summed E-state index contributed by atoms with van der Waals surface area (Å²) in [6.45, 7) is 7.12. The lowest BCUT2D eigenvalue weighted by atomic mass is 10.0. The number of halogens is 1. The van der Waals surface area contributed by atoms with Crippen LogP contribution in [0.25, 0.3) is 11.3 Å². The summed E-state index contributed by atoms with van der Waals surface area (Å²) in [7, 11) is 0. The molecule has 2 aliphatic rings. The molecule has 0 spiro atoms. The van der Waals surface area contributed by atoms with E-state index in [1.165, 1.54) is 0 Å². The number of rotatable bonds is 6. The molecular formula is C28H31IN6O2. The Bertz CT molecular complexity index is 1310. The van der Waals surface area contributed by atoms with Gasteiger partial charge in [0.25, 0.3) is 0 Å². The Morgan fingerprint density at radius 2 is 1.81 bits per heavy atom. The van der Waals surface area contributed by atoms with E-state index in [1.54, 1.807) is 6.92 Å². The first-order valence-corrected chi connectivity index (χ1v) is 13.8. The second kappa shape index (κ2) is 11.2. The van der Waals surface area contributed by atoms with Crippen LogP contribution in [-0.4, -0.2) is 76.0 Å². The summed E-state index contributed by atoms with van der Waals surface area (Å²) in [4.78, 5) is 18.5. The number of fused-ring (bicyclic) bond motifs is 1. The molecule has 192 valence electrons. The Labute approximate surface area is 231 Å². The molecule has 0 radical (unpaired) electrons. The van der Waals surface area contributed by atoms with E-state index in [-0.39, 0.29) is 5.91 Å². The van der Waals surface area contributed by atoms with Crippen LogP contribution in [0, 0.1) is 14.9 Å². The fourth-order valence-electron chi connectivity index (χ4n) is 5.32. The topological polar surface area (TPSA) is 88.6 Å². The number of nitrogens with zero attached hydrogens (tertiary/aromatic N) is 6. The van der Waals surface area contributed by atoms with E-state index < -0.39 is 6.10 Å². The van der Waals surface area contributed by atoms with Gasteiger partial charge in [0, 0.05) is 79.5 Å². The fourth-order valence-corrected chi connectivity index (χ4v) is 5.68. The molecule has 3 heterocycles. The van der Waals surface area contributed by atoms with Crippen LogP contribution in [0.15, 0.2) is 48.5 Å². The van der Waals surface area contributed by atoms with Crippen molar-refractivity contribution in [1.82, 2.24) is 19.6 Å². The van der Waals surface area contributed by atoms with Gasteiger partial charge in [0.05, 0.1) is 29.6 Å². The first-order chi connectivity index (χ1) is 17.9. The fraction of sp³-hybridized carbons (Fsp3) is 0.393. The summed E-state index contributed by atoms with van der Waals surface area (Å²) in [5.74, 6) is 0.0727. The second-order valence-electron chi connectivity index (χ2n) is 9.72. The van der Waals surface area contributed by atoms with E-state index in [0.29, 0.717) is 31.7 Å². The Morgan fingerprint density at radius 1 is 1.08 bits per heavy atom. The molecule has 2 aromatic carbocycles. The minimum absolute atomic E-state index is 0.0727. The van der Waals surface area contributed by atoms with Crippen molar-refractivity contribution in [2.24, 2.45) is 0 Å².